The van der Waals surface area contributed by atoms with Gasteiger partial charge in [0, 0.05) is 12.0 Å². The van der Waals surface area contributed by atoms with Crippen LogP contribution in [0.5, 0.6) is 0 Å². The standard InChI is InChI=1S/C31H37N4O/c1-2-3-20-35(30(29-23-32-24-33-29)17-16-25-10-5-4-6-11-25)21-18-34(19-22-35)31(36)28-15-9-13-26-12-7-8-14-27(26)28/h4-15,23-24,30H,2-3,16-22H2,1H3,(H,32,33)/q+1. The maximum absolute atomic E-state index is 13.7. The van der Waals surface area contributed by atoms with Gasteiger partial charge in [-0.2, -0.15) is 0 Å². The molecule has 4 aromatic rings. The number of H-pyrrole nitrogens is 1. The van der Waals surface area contributed by atoms with Gasteiger partial charge >= 0.3 is 0 Å². The van der Waals surface area contributed by atoms with Gasteiger partial charge in [0.1, 0.15) is 6.04 Å². The van der Waals surface area contributed by atoms with Crippen LogP contribution in [0.25, 0.3) is 10.8 Å². The van der Waals surface area contributed by atoms with Crippen molar-refractivity contribution in [2.75, 3.05) is 32.7 Å². The number of aromatic amines is 1. The molecular formula is C31H37N4O+. The number of aryl methyl sites for hydroxylation is 1. The van der Waals surface area contributed by atoms with E-state index in [0.717, 1.165) is 66.4 Å². The van der Waals surface area contributed by atoms with Gasteiger partial charge in [0.2, 0.25) is 0 Å². The fourth-order valence-corrected chi connectivity index (χ4v) is 5.93. The average Bonchev–Trinajstić information content (AvgIpc) is 3.47. The third-order valence-corrected chi connectivity index (χ3v) is 7.98. The molecule has 1 saturated heterocycles. The number of fused-ring (bicyclic) bond motifs is 1. The van der Waals surface area contributed by atoms with E-state index >= 15 is 0 Å². The van der Waals surface area contributed by atoms with Crippen molar-refractivity contribution in [1.29, 1.82) is 0 Å². The van der Waals surface area contributed by atoms with E-state index in [-0.39, 0.29) is 5.91 Å². The molecule has 1 atom stereocenters. The molecule has 1 fully saturated rings. The molecule has 3 aromatic carbocycles. The van der Waals surface area contributed by atoms with Crippen LogP contribution in [0, 0.1) is 0 Å². The number of benzene rings is 3. The Morgan fingerprint density at radius 1 is 1.00 bits per heavy atom. The summed E-state index contributed by atoms with van der Waals surface area (Å²) in [6, 6.07) is 25.4. The minimum absolute atomic E-state index is 0.155. The maximum Gasteiger partial charge on any atom is 0.254 e. The lowest BCUT2D eigenvalue weighted by molar-refractivity contribution is -0.961. The Balaban J connectivity index is 1.38. The third kappa shape index (κ3) is 5.07. The minimum atomic E-state index is 0.155. The number of amides is 1. The van der Waals surface area contributed by atoms with Crippen molar-refractivity contribution in [3.63, 3.8) is 0 Å². The van der Waals surface area contributed by atoms with Gasteiger partial charge in [0.05, 0.1) is 50.9 Å². The first-order valence-corrected chi connectivity index (χ1v) is 13.4. The lowest BCUT2D eigenvalue weighted by Gasteiger charge is -2.49. The first-order valence-electron chi connectivity index (χ1n) is 13.4. The van der Waals surface area contributed by atoms with E-state index in [1.807, 2.05) is 36.8 Å². The molecule has 1 aliphatic rings. The number of quaternary nitrogens is 1. The molecule has 0 spiro atoms. The molecule has 0 aliphatic carbocycles. The number of nitrogens with zero attached hydrogens (tertiary/aromatic N) is 3. The van der Waals surface area contributed by atoms with Gasteiger partial charge in [-0.05, 0) is 35.2 Å². The monoisotopic (exact) mass is 481 g/mol. The number of hydrogen-bond donors (Lipinski definition) is 1. The van der Waals surface area contributed by atoms with Crippen LogP contribution in [0.3, 0.4) is 0 Å². The van der Waals surface area contributed by atoms with Crippen molar-refractivity contribution in [3.05, 3.63) is 102 Å². The summed E-state index contributed by atoms with van der Waals surface area (Å²) in [5.41, 5.74) is 3.41. The number of rotatable bonds is 9. The van der Waals surface area contributed by atoms with Crippen molar-refractivity contribution >= 4 is 16.7 Å². The van der Waals surface area contributed by atoms with Crippen LogP contribution < -0.4 is 0 Å². The number of piperazine rings is 1. The van der Waals surface area contributed by atoms with Crippen molar-refractivity contribution in [2.45, 2.75) is 38.6 Å². The highest BCUT2D eigenvalue weighted by Crippen LogP contribution is 2.35. The predicted octanol–water partition coefficient (Wildman–Crippen LogP) is 6.01. The Bertz CT molecular complexity index is 1250. The summed E-state index contributed by atoms with van der Waals surface area (Å²) in [4.78, 5) is 23.6. The van der Waals surface area contributed by atoms with Crippen molar-refractivity contribution in [2.24, 2.45) is 0 Å². The van der Waals surface area contributed by atoms with Crippen molar-refractivity contribution in [3.8, 4) is 0 Å². The van der Waals surface area contributed by atoms with Gasteiger partial charge in [-0.25, -0.2) is 4.98 Å². The van der Waals surface area contributed by atoms with Gasteiger partial charge in [0.25, 0.3) is 5.91 Å². The van der Waals surface area contributed by atoms with E-state index in [9.17, 15) is 4.79 Å². The van der Waals surface area contributed by atoms with E-state index in [2.05, 4.69) is 70.3 Å². The van der Waals surface area contributed by atoms with Crippen molar-refractivity contribution < 1.29 is 9.28 Å². The summed E-state index contributed by atoms with van der Waals surface area (Å²) in [7, 11) is 0. The molecule has 1 unspecified atom stereocenters. The molecule has 1 N–H and O–H groups in total. The number of hydrogen-bond acceptors (Lipinski definition) is 2. The maximum atomic E-state index is 13.7. The molecule has 5 heteroatoms. The SMILES string of the molecule is CCCC[N+]1(C(CCc2ccccc2)c2cnc[nH]2)CCN(C(=O)c2cccc3ccccc23)CC1. The van der Waals surface area contributed by atoms with Gasteiger partial charge < -0.3 is 14.4 Å². The van der Waals surface area contributed by atoms with Crippen LogP contribution in [0.15, 0.2) is 85.3 Å². The first kappa shape index (κ1) is 24.3. The second-order valence-corrected chi connectivity index (χ2v) is 10.1. The van der Waals surface area contributed by atoms with Crippen LogP contribution >= 0.6 is 0 Å². The van der Waals surface area contributed by atoms with Gasteiger partial charge in [0.15, 0.2) is 0 Å². The number of carbonyl (C=O) groups is 1. The molecule has 2 heterocycles. The van der Waals surface area contributed by atoms with Crippen LogP contribution in [-0.2, 0) is 6.42 Å². The Hall–Kier alpha value is -3.44. The normalized spacial score (nSPS) is 16.2. The predicted molar refractivity (Wildman–Crippen MR) is 146 cm³/mol. The topological polar surface area (TPSA) is 49.0 Å². The lowest BCUT2D eigenvalue weighted by Crippen LogP contribution is -2.62. The summed E-state index contributed by atoms with van der Waals surface area (Å²) < 4.78 is 1.02. The Labute approximate surface area is 214 Å². The van der Waals surface area contributed by atoms with E-state index in [0.29, 0.717) is 6.04 Å². The molecule has 5 rings (SSSR count). The quantitative estimate of drug-likeness (QED) is 0.298. The van der Waals surface area contributed by atoms with Crippen LogP contribution in [-0.4, -0.2) is 58.0 Å². The fourth-order valence-electron chi connectivity index (χ4n) is 5.93. The molecule has 0 radical (unpaired) electrons. The summed E-state index contributed by atoms with van der Waals surface area (Å²) in [6.45, 7) is 6.89. The zero-order chi connectivity index (χ0) is 24.8. The van der Waals surface area contributed by atoms with E-state index < -0.39 is 0 Å². The third-order valence-electron chi connectivity index (χ3n) is 7.98. The molecule has 1 amide bonds. The molecule has 5 nitrogen and oxygen atoms in total. The molecule has 0 saturated carbocycles. The highest BCUT2D eigenvalue weighted by atomic mass is 16.2. The molecule has 1 aliphatic heterocycles. The van der Waals surface area contributed by atoms with Gasteiger partial charge in [-0.3, -0.25) is 4.79 Å². The van der Waals surface area contributed by atoms with E-state index in [1.54, 1.807) is 0 Å². The van der Waals surface area contributed by atoms with Crippen LogP contribution in [0.1, 0.15) is 53.8 Å². The largest absolute Gasteiger partial charge is 0.344 e. The van der Waals surface area contributed by atoms with Crippen LogP contribution in [0.4, 0.5) is 0 Å². The molecule has 0 bridgehead atoms. The summed E-state index contributed by atoms with van der Waals surface area (Å²) in [5.74, 6) is 0.155. The smallest absolute Gasteiger partial charge is 0.254 e. The minimum Gasteiger partial charge on any atom is -0.344 e. The molecule has 36 heavy (non-hydrogen) atoms. The second-order valence-electron chi connectivity index (χ2n) is 10.1. The van der Waals surface area contributed by atoms with E-state index in [4.69, 9.17) is 0 Å². The number of imidazole rings is 1. The fraction of sp³-hybridized carbons (Fsp3) is 0.355. The highest BCUT2D eigenvalue weighted by molar-refractivity contribution is 6.07. The number of nitrogens with one attached hydrogen (secondary N) is 1. The summed E-state index contributed by atoms with van der Waals surface area (Å²) in [6.07, 6.45) is 8.28. The Kier molecular flexibility index (Phi) is 7.47. The summed E-state index contributed by atoms with van der Waals surface area (Å²) >= 11 is 0. The number of aromatic nitrogens is 2. The number of unbranched alkanes of at least 4 members (excludes halogenated alkanes) is 1. The zero-order valence-electron chi connectivity index (χ0n) is 21.3. The summed E-state index contributed by atoms with van der Waals surface area (Å²) in [5, 5.41) is 2.16. The van der Waals surface area contributed by atoms with Gasteiger partial charge in [-0.1, -0.05) is 80.1 Å². The number of carbonyl (C=O) groups excluding carboxylic acids is 1. The Morgan fingerprint density at radius 3 is 2.50 bits per heavy atom. The average molecular weight is 482 g/mol. The van der Waals surface area contributed by atoms with Gasteiger partial charge in [-0.15, -0.1) is 0 Å². The zero-order valence-corrected chi connectivity index (χ0v) is 21.3. The molecule has 186 valence electrons. The Morgan fingerprint density at radius 2 is 1.75 bits per heavy atom. The highest BCUT2D eigenvalue weighted by Gasteiger charge is 2.42. The van der Waals surface area contributed by atoms with E-state index in [1.165, 1.54) is 24.1 Å². The first-order chi connectivity index (χ1) is 17.7. The van der Waals surface area contributed by atoms with Crippen molar-refractivity contribution in [1.82, 2.24) is 14.9 Å². The lowest BCUT2D eigenvalue weighted by atomic mass is 9.97. The molecule has 1 aromatic heterocycles. The molecular weight excluding hydrogens is 444 g/mol. The van der Waals surface area contributed by atoms with Crippen LogP contribution in [0.2, 0.25) is 0 Å². The second kappa shape index (κ2) is 11.1.